The lowest BCUT2D eigenvalue weighted by Crippen LogP contribution is -2.26. The fourth-order valence-corrected chi connectivity index (χ4v) is 4.38. The Morgan fingerprint density at radius 3 is 2.30 bits per heavy atom. The molecule has 0 aliphatic rings. The number of unbranched alkanes of at least 4 members (excludes halogenated alkanes) is 3. The van der Waals surface area contributed by atoms with E-state index >= 15 is 0 Å². The van der Waals surface area contributed by atoms with E-state index in [0.717, 1.165) is 60.6 Å². The van der Waals surface area contributed by atoms with Crippen LogP contribution in [0.3, 0.4) is 0 Å². The fraction of sp³-hybridized carbons (Fsp3) is 0.355. The Kier molecular flexibility index (Phi) is 10.7. The molecule has 5 nitrogen and oxygen atoms in total. The van der Waals surface area contributed by atoms with E-state index in [1.807, 2.05) is 25.1 Å². The van der Waals surface area contributed by atoms with Crippen LogP contribution in [0.5, 0.6) is 5.75 Å². The summed E-state index contributed by atoms with van der Waals surface area (Å²) in [5.41, 5.74) is 2.42. The summed E-state index contributed by atoms with van der Waals surface area (Å²) in [6, 6.07) is 14.4. The monoisotopic (exact) mass is 559 g/mol. The highest BCUT2D eigenvalue weighted by Crippen LogP contribution is 2.34. The third kappa shape index (κ3) is 8.56. The van der Waals surface area contributed by atoms with Crippen LogP contribution in [-0.4, -0.2) is 23.5 Å². The van der Waals surface area contributed by atoms with Crippen molar-refractivity contribution in [3.8, 4) is 16.9 Å². The van der Waals surface area contributed by atoms with Crippen LogP contribution in [0.15, 0.2) is 60.7 Å². The molecule has 3 aromatic rings. The number of aryl methyl sites for hydroxylation is 1. The first-order valence-corrected chi connectivity index (χ1v) is 13.2. The van der Waals surface area contributed by atoms with Gasteiger partial charge in [-0.25, -0.2) is 4.39 Å². The first kappa shape index (κ1) is 30.7. The summed E-state index contributed by atoms with van der Waals surface area (Å²) in [6.07, 6.45) is -0.572. The molecule has 0 unspecified atom stereocenters. The van der Waals surface area contributed by atoms with Crippen LogP contribution >= 0.6 is 0 Å². The van der Waals surface area contributed by atoms with Gasteiger partial charge in [-0.1, -0.05) is 56.5 Å². The quantitative estimate of drug-likeness (QED) is 0.164. The second-order valence-corrected chi connectivity index (χ2v) is 9.65. The summed E-state index contributed by atoms with van der Waals surface area (Å²) < 4.78 is 60.0. The lowest BCUT2D eigenvalue weighted by molar-refractivity contribution is -0.138. The molecule has 3 aromatic carbocycles. The van der Waals surface area contributed by atoms with Gasteiger partial charge in [-0.3, -0.25) is 9.59 Å². The van der Waals surface area contributed by atoms with Crippen LogP contribution in [0.4, 0.5) is 17.6 Å². The fourth-order valence-electron chi connectivity index (χ4n) is 4.38. The number of amides is 1. The summed E-state index contributed by atoms with van der Waals surface area (Å²) >= 11 is 0. The topological polar surface area (TPSA) is 75.6 Å². The number of carboxylic acids is 1. The number of carbonyl (C=O) groups excluding carboxylic acids is 1. The SMILES string of the molecule is CCCCCC[C@@H](Oc1ccc(C(=O)NCCC(=O)O)cc1F)c1ccc(-c2ccc(C(F)(F)F)cc2)c(C)c1. The van der Waals surface area contributed by atoms with Gasteiger partial charge in [-0.15, -0.1) is 0 Å². The molecule has 0 radical (unpaired) electrons. The van der Waals surface area contributed by atoms with Gasteiger partial charge in [-0.2, -0.15) is 13.2 Å². The Morgan fingerprint density at radius 1 is 0.975 bits per heavy atom. The van der Waals surface area contributed by atoms with E-state index in [2.05, 4.69) is 12.2 Å². The molecule has 0 aromatic heterocycles. The Bertz CT molecular complexity index is 1310. The summed E-state index contributed by atoms with van der Waals surface area (Å²) in [5.74, 6) is -2.38. The highest BCUT2D eigenvalue weighted by Gasteiger charge is 2.30. The van der Waals surface area contributed by atoms with Crippen molar-refractivity contribution in [3.63, 3.8) is 0 Å². The van der Waals surface area contributed by atoms with E-state index < -0.39 is 35.5 Å². The Morgan fingerprint density at radius 2 is 1.70 bits per heavy atom. The van der Waals surface area contributed by atoms with Gasteiger partial charge in [-0.05, 0) is 72.4 Å². The Balaban J connectivity index is 1.81. The zero-order chi connectivity index (χ0) is 29.3. The van der Waals surface area contributed by atoms with Crippen LogP contribution in [0.25, 0.3) is 11.1 Å². The minimum Gasteiger partial charge on any atom is -0.483 e. The van der Waals surface area contributed by atoms with Crippen LogP contribution in [0.1, 0.15) is 78.6 Å². The Hall–Kier alpha value is -3.88. The number of halogens is 4. The molecule has 1 amide bonds. The maximum Gasteiger partial charge on any atom is 0.416 e. The molecule has 0 heterocycles. The molecule has 214 valence electrons. The molecule has 0 spiro atoms. The highest BCUT2D eigenvalue weighted by atomic mass is 19.4. The smallest absolute Gasteiger partial charge is 0.416 e. The van der Waals surface area contributed by atoms with Crippen LogP contribution in [0, 0.1) is 12.7 Å². The predicted molar refractivity (Wildman–Crippen MR) is 145 cm³/mol. The van der Waals surface area contributed by atoms with Crippen LogP contribution in [0.2, 0.25) is 0 Å². The second kappa shape index (κ2) is 14.0. The number of nitrogens with one attached hydrogen (secondary N) is 1. The van der Waals surface area contributed by atoms with Gasteiger partial charge in [0.05, 0.1) is 12.0 Å². The first-order valence-electron chi connectivity index (χ1n) is 13.2. The molecule has 0 bridgehead atoms. The average molecular weight is 560 g/mol. The van der Waals surface area contributed by atoms with Crippen molar-refractivity contribution in [2.75, 3.05) is 6.54 Å². The molecular weight excluding hydrogens is 526 g/mol. The summed E-state index contributed by atoms with van der Waals surface area (Å²) in [4.78, 5) is 22.9. The Labute approximate surface area is 231 Å². The lowest BCUT2D eigenvalue weighted by Gasteiger charge is -2.22. The first-order chi connectivity index (χ1) is 19.0. The lowest BCUT2D eigenvalue weighted by atomic mass is 9.94. The number of carboxylic acid groups (broad SMARTS) is 1. The van der Waals surface area contributed by atoms with Gasteiger partial charge in [0.2, 0.25) is 0 Å². The van der Waals surface area contributed by atoms with Gasteiger partial charge >= 0.3 is 12.1 Å². The van der Waals surface area contributed by atoms with Crippen molar-refractivity contribution < 1.29 is 37.0 Å². The number of hydrogen-bond acceptors (Lipinski definition) is 3. The largest absolute Gasteiger partial charge is 0.483 e. The third-order valence-corrected chi connectivity index (χ3v) is 6.55. The molecule has 0 aliphatic heterocycles. The number of carbonyl (C=O) groups is 2. The number of hydrogen-bond donors (Lipinski definition) is 2. The van der Waals surface area contributed by atoms with Crippen LogP contribution in [-0.2, 0) is 11.0 Å². The van der Waals surface area contributed by atoms with Gasteiger partial charge in [0.15, 0.2) is 11.6 Å². The van der Waals surface area contributed by atoms with Gasteiger partial charge in [0.25, 0.3) is 5.91 Å². The van der Waals surface area contributed by atoms with E-state index in [1.54, 1.807) is 0 Å². The molecule has 0 aliphatic carbocycles. The number of aliphatic carboxylic acids is 1. The molecule has 0 saturated carbocycles. The van der Waals surface area contributed by atoms with Gasteiger partial charge in [0, 0.05) is 12.1 Å². The zero-order valence-corrected chi connectivity index (χ0v) is 22.5. The molecule has 0 saturated heterocycles. The molecular formula is C31H33F4NO4. The van der Waals surface area contributed by atoms with E-state index in [9.17, 15) is 27.2 Å². The molecule has 0 fully saturated rings. The van der Waals surface area contributed by atoms with E-state index in [4.69, 9.17) is 9.84 Å². The van der Waals surface area contributed by atoms with Gasteiger partial charge in [0.1, 0.15) is 6.10 Å². The molecule has 1 atom stereocenters. The number of benzene rings is 3. The summed E-state index contributed by atoms with van der Waals surface area (Å²) in [7, 11) is 0. The van der Waals surface area contributed by atoms with E-state index in [-0.39, 0.29) is 24.3 Å². The van der Waals surface area contributed by atoms with Crippen LogP contribution < -0.4 is 10.1 Å². The van der Waals surface area contributed by atoms with Crippen molar-refractivity contribution in [1.82, 2.24) is 5.32 Å². The van der Waals surface area contributed by atoms with Crippen molar-refractivity contribution in [2.24, 2.45) is 0 Å². The van der Waals surface area contributed by atoms with E-state index in [1.165, 1.54) is 24.3 Å². The molecule has 9 heteroatoms. The van der Waals surface area contributed by atoms with Crippen molar-refractivity contribution >= 4 is 11.9 Å². The number of ether oxygens (including phenoxy) is 1. The second-order valence-electron chi connectivity index (χ2n) is 9.65. The summed E-state index contributed by atoms with van der Waals surface area (Å²) in [6.45, 7) is 3.89. The summed E-state index contributed by atoms with van der Waals surface area (Å²) in [5, 5.41) is 11.1. The maximum atomic E-state index is 15.0. The van der Waals surface area contributed by atoms with Crippen molar-refractivity contribution in [3.05, 3.63) is 88.7 Å². The molecule has 3 rings (SSSR count). The standard InChI is InChI=1S/C31H33F4NO4/c1-3-4-5-6-7-27(40-28-15-11-23(19-26(28)32)30(39)36-17-16-29(37)38)22-10-14-25(20(2)18-22)21-8-12-24(13-9-21)31(33,34)35/h8-15,18-19,27H,3-7,16-17H2,1-2H3,(H,36,39)(H,37,38)/t27-/m1/s1. The van der Waals surface area contributed by atoms with Crippen molar-refractivity contribution in [1.29, 1.82) is 0 Å². The average Bonchev–Trinajstić information content (AvgIpc) is 2.90. The number of alkyl halides is 3. The predicted octanol–water partition coefficient (Wildman–Crippen LogP) is 8.11. The van der Waals surface area contributed by atoms with Crippen molar-refractivity contribution in [2.45, 2.75) is 64.7 Å². The minimum absolute atomic E-state index is 0.0213. The molecule has 2 N–H and O–H groups in total. The molecule has 40 heavy (non-hydrogen) atoms. The normalized spacial score (nSPS) is 12.2. The minimum atomic E-state index is -4.41. The highest BCUT2D eigenvalue weighted by molar-refractivity contribution is 5.94. The van der Waals surface area contributed by atoms with E-state index in [0.29, 0.717) is 12.0 Å². The van der Waals surface area contributed by atoms with Gasteiger partial charge < -0.3 is 15.2 Å². The zero-order valence-electron chi connectivity index (χ0n) is 22.5. The maximum absolute atomic E-state index is 15.0. The number of rotatable bonds is 13. The third-order valence-electron chi connectivity index (χ3n) is 6.55.